The van der Waals surface area contributed by atoms with Gasteiger partial charge in [0.15, 0.2) is 0 Å². The van der Waals surface area contributed by atoms with Gasteiger partial charge < -0.3 is 5.73 Å². The Balaban J connectivity index is 2.22. The molecule has 0 unspecified atom stereocenters. The summed E-state index contributed by atoms with van der Waals surface area (Å²) >= 11 is 1.70. The number of anilines is 1. The standard InChI is InChI=1S/C15H14N2S/c1-9-3-5-12(16)11(7-9)15-17-13-6-4-10(2)8-14(13)18-15/h3-8H,16H2,1-2H3. The van der Waals surface area contributed by atoms with Crippen LogP contribution in [0, 0.1) is 13.8 Å². The lowest BCUT2D eigenvalue weighted by atomic mass is 10.1. The molecule has 0 fully saturated rings. The molecule has 2 nitrogen and oxygen atoms in total. The molecule has 0 radical (unpaired) electrons. The molecule has 0 aliphatic carbocycles. The number of aromatic nitrogens is 1. The molecule has 1 heterocycles. The molecular formula is C15H14N2S. The van der Waals surface area contributed by atoms with E-state index in [2.05, 4.69) is 43.1 Å². The van der Waals surface area contributed by atoms with Gasteiger partial charge in [-0.3, -0.25) is 0 Å². The van der Waals surface area contributed by atoms with Crippen molar-refractivity contribution in [2.75, 3.05) is 5.73 Å². The zero-order valence-electron chi connectivity index (χ0n) is 10.4. The van der Waals surface area contributed by atoms with Crippen molar-refractivity contribution >= 4 is 27.2 Å². The number of nitrogens with zero attached hydrogens (tertiary/aromatic N) is 1. The first kappa shape index (κ1) is 11.2. The SMILES string of the molecule is Cc1ccc(N)c(-c2nc3ccc(C)cc3s2)c1. The number of benzene rings is 2. The Bertz CT molecular complexity index is 728. The highest BCUT2D eigenvalue weighted by atomic mass is 32.1. The molecule has 3 heteroatoms. The highest BCUT2D eigenvalue weighted by molar-refractivity contribution is 7.21. The van der Waals surface area contributed by atoms with Crippen LogP contribution in [-0.4, -0.2) is 4.98 Å². The third-order valence-corrected chi connectivity index (χ3v) is 4.03. The van der Waals surface area contributed by atoms with Crippen LogP contribution in [0.2, 0.25) is 0 Å². The van der Waals surface area contributed by atoms with Gasteiger partial charge in [0.1, 0.15) is 5.01 Å². The smallest absolute Gasteiger partial charge is 0.126 e. The topological polar surface area (TPSA) is 38.9 Å². The summed E-state index contributed by atoms with van der Waals surface area (Å²) in [6, 6.07) is 12.4. The molecule has 0 amide bonds. The summed E-state index contributed by atoms with van der Waals surface area (Å²) in [6.45, 7) is 4.17. The minimum atomic E-state index is 0.788. The normalized spacial score (nSPS) is 11.0. The molecule has 0 aliphatic heterocycles. The fourth-order valence-corrected chi connectivity index (χ4v) is 3.10. The number of nitrogen functional groups attached to an aromatic ring is 1. The molecule has 1 aromatic heterocycles. The summed E-state index contributed by atoms with van der Waals surface area (Å²) in [5, 5.41) is 0.997. The Morgan fingerprint density at radius 1 is 1.00 bits per heavy atom. The molecule has 2 N–H and O–H groups in total. The molecule has 90 valence electrons. The summed E-state index contributed by atoms with van der Waals surface area (Å²) < 4.78 is 1.21. The van der Waals surface area contributed by atoms with Gasteiger partial charge in [0.25, 0.3) is 0 Å². The Kier molecular flexibility index (Phi) is 2.56. The molecule has 0 saturated carbocycles. The van der Waals surface area contributed by atoms with E-state index in [0.29, 0.717) is 0 Å². The Morgan fingerprint density at radius 3 is 2.56 bits per heavy atom. The quantitative estimate of drug-likeness (QED) is 0.662. The molecule has 3 rings (SSSR count). The van der Waals surface area contributed by atoms with Crippen LogP contribution in [-0.2, 0) is 0 Å². The van der Waals surface area contributed by atoms with Gasteiger partial charge in [-0.15, -0.1) is 11.3 Å². The number of rotatable bonds is 1. The van der Waals surface area contributed by atoms with Crippen LogP contribution in [0.3, 0.4) is 0 Å². The zero-order valence-corrected chi connectivity index (χ0v) is 11.2. The van der Waals surface area contributed by atoms with Gasteiger partial charge in [-0.1, -0.05) is 17.7 Å². The van der Waals surface area contributed by atoms with E-state index < -0.39 is 0 Å². The lowest BCUT2D eigenvalue weighted by Gasteiger charge is -2.02. The predicted octanol–water partition coefficient (Wildman–Crippen LogP) is 4.16. The van der Waals surface area contributed by atoms with E-state index in [1.807, 2.05) is 12.1 Å². The average Bonchev–Trinajstić information content (AvgIpc) is 2.74. The second-order valence-corrected chi connectivity index (χ2v) is 5.61. The first-order chi connectivity index (χ1) is 8.63. The number of hydrogen-bond donors (Lipinski definition) is 1. The first-order valence-electron chi connectivity index (χ1n) is 5.87. The van der Waals surface area contributed by atoms with Crippen molar-refractivity contribution in [2.24, 2.45) is 0 Å². The van der Waals surface area contributed by atoms with E-state index in [4.69, 9.17) is 5.73 Å². The molecule has 0 spiro atoms. The van der Waals surface area contributed by atoms with Gasteiger partial charge in [-0.25, -0.2) is 4.98 Å². The average molecular weight is 254 g/mol. The van der Waals surface area contributed by atoms with Crippen LogP contribution in [0.4, 0.5) is 5.69 Å². The third-order valence-electron chi connectivity index (χ3n) is 2.98. The van der Waals surface area contributed by atoms with Crippen LogP contribution >= 0.6 is 11.3 Å². The molecule has 2 aromatic carbocycles. The van der Waals surface area contributed by atoms with Crippen molar-refractivity contribution in [2.45, 2.75) is 13.8 Å². The van der Waals surface area contributed by atoms with Crippen LogP contribution in [0.25, 0.3) is 20.8 Å². The monoisotopic (exact) mass is 254 g/mol. The molecule has 0 atom stereocenters. The Morgan fingerprint density at radius 2 is 1.72 bits per heavy atom. The number of nitrogens with two attached hydrogens (primary N) is 1. The maximum absolute atomic E-state index is 6.04. The Hall–Kier alpha value is -1.87. The fourth-order valence-electron chi connectivity index (χ4n) is 2.00. The van der Waals surface area contributed by atoms with Crippen LogP contribution in [0.5, 0.6) is 0 Å². The van der Waals surface area contributed by atoms with Gasteiger partial charge in [0, 0.05) is 11.3 Å². The van der Waals surface area contributed by atoms with Crippen molar-refractivity contribution < 1.29 is 0 Å². The highest BCUT2D eigenvalue weighted by Crippen LogP contribution is 2.34. The second-order valence-electron chi connectivity index (χ2n) is 4.58. The maximum atomic E-state index is 6.04. The largest absolute Gasteiger partial charge is 0.398 e. The summed E-state index contributed by atoms with van der Waals surface area (Å²) in [5.74, 6) is 0. The predicted molar refractivity (Wildman–Crippen MR) is 78.9 cm³/mol. The number of thiazole rings is 1. The van der Waals surface area contributed by atoms with E-state index in [1.165, 1.54) is 15.8 Å². The minimum Gasteiger partial charge on any atom is -0.398 e. The summed E-state index contributed by atoms with van der Waals surface area (Å²) in [5.41, 5.74) is 11.4. The molecular weight excluding hydrogens is 240 g/mol. The minimum absolute atomic E-state index is 0.788. The maximum Gasteiger partial charge on any atom is 0.126 e. The fraction of sp³-hybridized carbons (Fsp3) is 0.133. The summed E-state index contributed by atoms with van der Waals surface area (Å²) in [4.78, 5) is 4.66. The van der Waals surface area contributed by atoms with Gasteiger partial charge in [-0.2, -0.15) is 0 Å². The summed E-state index contributed by atoms with van der Waals surface area (Å²) in [7, 11) is 0. The van der Waals surface area contributed by atoms with Crippen molar-refractivity contribution in [3.8, 4) is 10.6 Å². The molecule has 18 heavy (non-hydrogen) atoms. The van der Waals surface area contributed by atoms with E-state index in [0.717, 1.165) is 21.8 Å². The second kappa shape index (κ2) is 4.10. The number of hydrogen-bond acceptors (Lipinski definition) is 3. The van der Waals surface area contributed by atoms with Gasteiger partial charge >= 0.3 is 0 Å². The van der Waals surface area contributed by atoms with Gasteiger partial charge in [0.05, 0.1) is 10.2 Å². The van der Waals surface area contributed by atoms with Crippen LogP contribution in [0.15, 0.2) is 36.4 Å². The van der Waals surface area contributed by atoms with Gasteiger partial charge in [-0.05, 0) is 43.7 Å². The molecule has 0 saturated heterocycles. The third kappa shape index (κ3) is 1.87. The van der Waals surface area contributed by atoms with E-state index in [-0.39, 0.29) is 0 Å². The number of fused-ring (bicyclic) bond motifs is 1. The van der Waals surface area contributed by atoms with E-state index >= 15 is 0 Å². The van der Waals surface area contributed by atoms with Crippen LogP contribution in [0.1, 0.15) is 11.1 Å². The molecule has 0 aliphatic rings. The Labute approximate surface area is 110 Å². The van der Waals surface area contributed by atoms with Crippen molar-refractivity contribution in [3.05, 3.63) is 47.5 Å². The van der Waals surface area contributed by atoms with E-state index in [1.54, 1.807) is 11.3 Å². The lowest BCUT2D eigenvalue weighted by molar-refractivity contribution is 1.42. The first-order valence-corrected chi connectivity index (χ1v) is 6.69. The molecule has 3 aromatic rings. The van der Waals surface area contributed by atoms with Crippen molar-refractivity contribution in [1.29, 1.82) is 0 Å². The summed E-state index contributed by atoms with van der Waals surface area (Å²) in [6.07, 6.45) is 0. The van der Waals surface area contributed by atoms with Gasteiger partial charge in [0.2, 0.25) is 0 Å². The van der Waals surface area contributed by atoms with Crippen molar-refractivity contribution in [1.82, 2.24) is 4.98 Å². The molecule has 0 bridgehead atoms. The van der Waals surface area contributed by atoms with Crippen LogP contribution < -0.4 is 5.73 Å². The van der Waals surface area contributed by atoms with Crippen molar-refractivity contribution in [3.63, 3.8) is 0 Å². The number of aryl methyl sites for hydroxylation is 2. The zero-order chi connectivity index (χ0) is 12.7. The lowest BCUT2D eigenvalue weighted by Crippen LogP contribution is -1.89. The van der Waals surface area contributed by atoms with E-state index in [9.17, 15) is 0 Å². The highest BCUT2D eigenvalue weighted by Gasteiger charge is 2.09.